The van der Waals surface area contributed by atoms with Gasteiger partial charge >= 0.3 is 0 Å². The summed E-state index contributed by atoms with van der Waals surface area (Å²) in [5.74, 6) is 0.713. The van der Waals surface area contributed by atoms with Crippen LogP contribution in [0.25, 0.3) is 0 Å². The lowest BCUT2D eigenvalue weighted by molar-refractivity contribution is 0.364. The predicted molar refractivity (Wildman–Crippen MR) is 61.0 cm³/mol. The van der Waals surface area contributed by atoms with Crippen molar-refractivity contribution in [3.05, 3.63) is 46.3 Å². The average molecular weight is 256 g/mol. The zero-order valence-electron chi connectivity index (χ0n) is 9.20. The number of benzene rings is 1. The van der Waals surface area contributed by atoms with Crippen LogP contribution in [0.2, 0.25) is 5.02 Å². The van der Waals surface area contributed by atoms with E-state index in [4.69, 9.17) is 16.1 Å². The number of hydrogen-bond donors (Lipinski definition) is 1. The molecule has 2 rings (SSSR count). The predicted octanol–water partition coefficient (Wildman–Crippen LogP) is 2.46. The molecule has 0 aliphatic rings. The third kappa shape index (κ3) is 3.25. The topological polar surface area (TPSA) is 51.0 Å². The molecule has 0 saturated carbocycles. The van der Waals surface area contributed by atoms with E-state index in [0.29, 0.717) is 24.8 Å². The van der Waals surface area contributed by atoms with E-state index in [1.54, 1.807) is 19.1 Å². The smallest absolute Gasteiger partial charge is 0.240 e. The van der Waals surface area contributed by atoms with Crippen molar-refractivity contribution in [2.24, 2.45) is 0 Å². The van der Waals surface area contributed by atoms with E-state index in [2.05, 4.69) is 15.5 Å². The third-order valence-electron chi connectivity index (χ3n) is 2.16. The van der Waals surface area contributed by atoms with E-state index in [1.807, 2.05) is 0 Å². The summed E-state index contributed by atoms with van der Waals surface area (Å²) in [6.07, 6.45) is 0. The third-order valence-corrected chi connectivity index (χ3v) is 2.45. The van der Waals surface area contributed by atoms with Gasteiger partial charge in [0.25, 0.3) is 0 Å². The van der Waals surface area contributed by atoms with Crippen molar-refractivity contribution >= 4 is 11.6 Å². The van der Waals surface area contributed by atoms with Crippen LogP contribution >= 0.6 is 11.6 Å². The van der Waals surface area contributed by atoms with Crippen molar-refractivity contribution < 1.29 is 8.91 Å². The Morgan fingerprint density at radius 1 is 1.41 bits per heavy atom. The van der Waals surface area contributed by atoms with Gasteiger partial charge in [-0.1, -0.05) is 22.8 Å². The first-order chi connectivity index (χ1) is 8.15. The van der Waals surface area contributed by atoms with E-state index >= 15 is 0 Å². The molecule has 0 bridgehead atoms. The molecule has 0 fully saturated rings. The van der Waals surface area contributed by atoms with Crippen LogP contribution < -0.4 is 5.32 Å². The Balaban J connectivity index is 1.87. The minimum absolute atomic E-state index is 0.123. The molecule has 1 N–H and O–H groups in total. The molecular formula is C11H11ClFN3O. The molecule has 0 aliphatic heterocycles. The van der Waals surface area contributed by atoms with Gasteiger partial charge < -0.3 is 9.84 Å². The lowest BCUT2D eigenvalue weighted by atomic mass is 10.2. The first-order valence-electron chi connectivity index (χ1n) is 5.09. The highest BCUT2D eigenvalue weighted by Crippen LogP contribution is 2.15. The fourth-order valence-electron chi connectivity index (χ4n) is 1.38. The molecular weight excluding hydrogens is 245 g/mol. The molecule has 1 aromatic carbocycles. The van der Waals surface area contributed by atoms with Gasteiger partial charge in [-0.3, -0.25) is 0 Å². The van der Waals surface area contributed by atoms with Crippen LogP contribution in [0, 0.1) is 12.7 Å². The molecule has 0 saturated heterocycles. The van der Waals surface area contributed by atoms with Crippen LogP contribution in [0.15, 0.2) is 22.7 Å². The van der Waals surface area contributed by atoms with Crippen LogP contribution in [0.4, 0.5) is 4.39 Å². The second-order valence-electron chi connectivity index (χ2n) is 3.59. The summed E-state index contributed by atoms with van der Waals surface area (Å²) in [6.45, 7) is 2.78. The largest absolute Gasteiger partial charge is 0.338 e. The highest BCUT2D eigenvalue weighted by Gasteiger charge is 2.03. The Morgan fingerprint density at radius 2 is 2.24 bits per heavy atom. The van der Waals surface area contributed by atoms with Crippen LogP contribution in [-0.2, 0) is 13.1 Å². The maximum atomic E-state index is 12.9. The maximum absolute atomic E-state index is 12.9. The van der Waals surface area contributed by atoms with E-state index in [1.165, 1.54) is 6.07 Å². The fraction of sp³-hybridized carbons (Fsp3) is 0.273. The summed E-state index contributed by atoms with van der Waals surface area (Å²) >= 11 is 5.67. The van der Waals surface area contributed by atoms with Crippen molar-refractivity contribution in [2.45, 2.75) is 20.0 Å². The van der Waals surface area contributed by atoms with Gasteiger partial charge in [0, 0.05) is 6.54 Å². The minimum atomic E-state index is -0.414. The highest BCUT2D eigenvalue weighted by atomic mass is 35.5. The molecule has 6 heteroatoms. The van der Waals surface area contributed by atoms with Crippen molar-refractivity contribution in [2.75, 3.05) is 0 Å². The second-order valence-corrected chi connectivity index (χ2v) is 3.99. The lowest BCUT2D eigenvalue weighted by Crippen LogP contribution is -2.13. The number of hydrogen-bond acceptors (Lipinski definition) is 4. The molecule has 0 aliphatic carbocycles. The summed E-state index contributed by atoms with van der Waals surface area (Å²) in [5.41, 5.74) is 0.896. The van der Waals surface area contributed by atoms with Crippen molar-refractivity contribution in [1.29, 1.82) is 0 Å². The van der Waals surface area contributed by atoms with E-state index in [-0.39, 0.29) is 5.02 Å². The molecule has 17 heavy (non-hydrogen) atoms. The fourth-order valence-corrected chi connectivity index (χ4v) is 1.58. The average Bonchev–Trinajstić information content (AvgIpc) is 2.70. The molecule has 0 radical (unpaired) electrons. The van der Waals surface area contributed by atoms with Gasteiger partial charge in [0.15, 0.2) is 5.82 Å². The van der Waals surface area contributed by atoms with Gasteiger partial charge in [0.05, 0.1) is 11.6 Å². The number of aromatic nitrogens is 2. The Morgan fingerprint density at radius 3 is 2.88 bits per heavy atom. The zero-order valence-corrected chi connectivity index (χ0v) is 9.96. The van der Waals surface area contributed by atoms with Gasteiger partial charge in [-0.05, 0) is 24.6 Å². The van der Waals surface area contributed by atoms with Crippen LogP contribution in [-0.4, -0.2) is 10.1 Å². The Hall–Kier alpha value is -1.46. The molecule has 0 atom stereocenters. The first-order valence-corrected chi connectivity index (χ1v) is 5.47. The van der Waals surface area contributed by atoms with Crippen LogP contribution in [0.5, 0.6) is 0 Å². The van der Waals surface area contributed by atoms with Gasteiger partial charge in [-0.2, -0.15) is 4.98 Å². The quantitative estimate of drug-likeness (QED) is 0.912. The van der Waals surface area contributed by atoms with Gasteiger partial charge in [0.1, 0.15) is 5.82 Å². The van der Waals surface area contributed by atoms with Crippen molar-refractivity contribution in [3.63, 3.8) is 0 Å². The van der Waals surface area contributed by atoms with Crippen LogP contribution in [0.3, 0.4) is 0 Å². The Bertz CT molecular complexity index is 515. The van der Waals surface area contributed by atoms with Crippen molar-refractivity contribution in [3.8, 4) is 0 Å². The van der Waals surface area contributed by atoms with E-state index in [0.717, 1.165) is 5.56 Å². The summed E-state index contributed by atoms with van der Waals surface area (Å²) in [5, 5.41) is 6.89. The molecule has 2 aromatic rings. The van der Waals surface area contributed by atoms with E-state index < -0.39 is 5.82 Å². The maximum Gasteiger partial charge on any atom is 0.240 e. The molecule has 90 valence electrons. The number of nitrogens with zero attached hydrogens (tertiary/aromatic N) is 2. The molecule has 1 aromatic heterocycles. The van der Waals surface area contributed by atoms with Crippen molar-refractivity contribution in [1.82, 2.24) is 15.5 Å². The molecule has 4 nitrogen and oxygen atoms in total. The molecule has 0 unspecified atom stereocenters. The standard InChI is InChI=1S/C11H11ClFN3O/c1-7-15-11(17-16-7)6-14-5-8-2-3-10(13)9(12)4-8/h2-4,14H,5-6H2,1H3. The Labute approximate surface area is 103 Å². The normalized spacial score (nSPS) is 10.8. The number of nitrogens with one attached hydrogen (secondary N) is 1. The second kappa shape index (κ2) is 5.25. The molecule has 0 amide bonds. The molecule has 0 spiro atoms. The molecule has 1 heterocycles. The summed E-state index contributed by atoms with van der Waals surface area (Å²) < 4.78 is 17.8. The highest BCUT2D eigenvalue weighted by molar-refractivity contribution is 6.30. The summed E-state index contributed by atoms with van der Waals surface area (Å²) in [4.78, 5) is 4.05. The van der Waals surface area contributed by atoms with Gasteiger partial charge in [-0.15, -0.1) is 0 Å². The Kier molecular flexibility index (Phi) is 3.71. The van der Waals surface area contributed by atoms with E-state index in [9.17, 15) is 4.39 Å². The van der Waals surface area contributed by atoms with Gasteiger partial charge in [-0.25, -0.2) is 4.39 Å². The van der Waals surface area contributed by atoms with Crippen LogP contribution in [0.1, 0.15) is 17.3 Å². The zero-order chi connectivity index (χ0) is 12.3. The monoisotopic (exact) mass is 255 g/mol. The summed E-state index contributed by atoms with van der Waals surface area (Å²) in [7, 11) is 0. The first kappa shape index (κ1) is 12.0. The minimum Gasteiger partial charge on any atom is -0.338 e. The van der Waals surface area contributed by atoms with Gasteiger partial charge in [0.2, 0.25) is 5.89 Å². The SMILES string of the molecule is Cc1noc(CNCc2ccc(F)c(Cl)c2)n1. The summed E-state index contributed by atoms with van der Waals surface area (Å²) in [6, 6.07) is 4.60. The lowest BCUT2D eigenvalue weighted by Gasteiger charge is -2.03. The number of rotatable bonds is 4. The number of halogens is 2. The number of aryl methyl sites for hydroxylation is 1.